The molecule has 0 radical (unpaired) electrons. The smallest absolute Gasteiger partial charge is 0.392 e. The van der Waals surface area contributed by atoms with E-state index in [-0.39, 0.29) is 36.7 Å². The number of anilines is 1. The Morgan fingerprint density at radius 1 is 1.13 bits per heavy atom. The van der Waals surface area contributed by atoms with Crippen molar-refractivity contribution in [1.29, 1.82) is 0 Å². The molecule has 0 spiro atoms. The van der Waals surface area contributed by atoms with E-state index in [4.69, 9.17) is 9.26 Å². The van der Waals surface area contributed by atoms with Crippen LogP contribution in [0.15, 0.2) is 10.6 Å². The van der Waals surface area contributed by atoms with Crippen LogP contribution in [-0.4, -0.2) is 51.1 Å². The van der Waals surface area contributed by atoms with Crippen LogP contribution in [0.4, 0.5) is 19.1 Å². The molecule has 3 unspecified atom stereocenters. The van der Waals surface area contributed by atoms with E-state index in [1.54, 1.807) is 6.92 Å². The summed E-state index contributed by atoms with van der Waals surface area (Å²) in [6, 6.07) is 1.75. The minimum atomic E-state index is -4.26. The fourth-order valence-corrected chi connectivity index (χ4v) is 6.43. The number of carbonyl (C=O) groups is 1. The first-order chi connectivity index (χ1) is 18.7. The second-order valence-corrected chi connectivity index (χ2v) is 11.3. The lowest BCUT2D eigenvalue weighted by Gasteiger charge is -2.32. The molecule has 5 rings (SSSR count). The van der Waals surface area contributed by atoms with E-state index in [2.05, 4.69) is 26.9 Å². The van der Waals surface area contributed by atoms with Crippen molar-refractivity contribution in [3.05, 3.63) is 34.5 Å². The highest BCUT2D eigenvalue weighted by Gasteiger charge is 2.48. The zero-order chi connectivity index (χ0) is 27.7. The van der Waals surface area contributed by atoms with Gasteiger partial charge in [-0.25, -0.2) is 14.8 Å². The molecule has 2 aromatic rings. The van der Waals surface area contributed by atoms with Crippen molar-refractivity contribution in [1.82, 2.24) is 15.1 Å². The first kappa shape index (κ1) is 27.9. The lowest BCUT2D eigenvalue weighted by Crippen LogP contribution is -2.38. The first-order valence-corrected chi connectivity index (χ1v) is 14.2. The molecule has 0 amide bonds. The molecule has 1 N–H and O–H groups in total. The molecule has 8 nitrogen and oxygen atoms in total. The highest BCUT2D eigenvalue weighted by molar-refractivity contribution is 5.85. The molecule has 4 atom stereocenters. The molecule has 1 saturated heterocycles. The van der Waals surface area contributed by atoms with Gasteiger partial charge in [0.25, 0.3) is 0 Å². The van der Waals surface area contributed by atoms with Crippen molar-refractivity contribution in [3.63, 3.8) is 0 Å². The van der Waals surface area contributed by atoms with Gasteiger partial charge < -0.3 is 19.3 Å². The van der Waals surface area contributed by atoms with Crippen LogP contribution in [-0.2, 0) is 11.3 Å². The van der Waals surface area contributed by atoms with E-state index in [0.717, 1.165) is 38.5 Å². The Morgan fingerprint density at radius 2 is 1.87 bits per heavy atom. The van der Waals surface area contributed by atoms with E-state index in [1.807, 2.05) is 0 Å². The van der Waals surface area contributed by atoms with Crippen LogP contribution in [0.2, 0.25) is 0 Å². The number of halogens is 3. The fraction of sp³-hybridized carbons (Fsp3) is 0.714. The zero-order valence-corrected chi connectivity index (χ0v) is 22.5. The first-order valence-electron chi connectivity index (χ1n) is 14.2. The molecular formula is C28H37F3N4O4. The predicted molar refractivity (Wildman–Crippen MR) is 137 cm³/mol. The number of aromatic carboxylic acids is 1. The summed E-state index contributed by atoms with van der Waals surface area (Å²) in [5.41, 5.74) is 1.71. The average molecular weight is 551 g/mol. The van der Waals surface area contributed by atoms with Crippen molar-refractivity contribution < 1.29 is 32.3 Å². The summed E-state index contributed by atoms with van der Waals surface area (Å²) >= 11 is 0. The second-order valence-electron chi connectivity index (χ2n) is 11.3. The van der Waals surface area contributed by atoms with Gasteiger partial charge in [0.15, 0.2) is 5.69 Å². The topological polar surface area (TPSA) is 102 Å². The maximum absolute atomic E-state index is 13.9. The molecule has 2 aliphatic carbocycles. The summed E-state index contributed by atoms with van der Waals surface area (Å²) in [5, 5.41) is 13.7. The summed E-state index contributed by atoms with van der Waals surface area (Å²) < 4.78 is 53.3. The SMILES string of the molecule is CCC1CC[C@@H](CCOCc2c(C3CCCCC3C(F)(F)F)noc2C2CC2)N1c1nc(C)cc(C(=O)O)n1. The summed E-state index contributed by atoms with van der Waals surface area (Å²) in [6.07, 6.45) is 2.97. The molecule has 3 fully saturated rings. The van der Waals surface area contributed by atoms with Crippen LogP contribution in [0.3, 0.4) is 0 Å². The second kappa shape index (κ2) is 11.4. The highest BCUT2D eigenvalue weighted by atomic mass is 19.4. The molecule has 1 aliphatic heterocycles. The third kappa shape index (κ3) is 6.07. The minimum Gasteiger partial charge on any atom is -0.477 e. The van der Waals surface area contributed by atoms with Crippen LogP contribution in [0, 0.1) is 12.8 Å². The summed E-state index contributed by atoms with van der Waals surface area (Å²) in [7, 11) is 0. The Kier molecular flexibility index (Phi) is 8.16. The van der Waals surface area contributed by atoms with E-state index < -0.39 is 24.0 Å². The Morgan fingerprint density at radius 3 is 2.56 bits per heavy atom. The largest absolute Gasteiger partial charge is 0.477 e. The number of nitrogens with zero attached hydrogens (tertiary/aromatic N) is 4. The number of rotatable bonds is 10. The molecule has 2 aromatic heterocycles. The normalized spacial score (nSPS) is 25.8. The Balaban J connectivity index is 1.28. The molecule has 11 heteroatoms. The average Bonchev–Trinajstić information content (AvgIpc) is 3.52. The number of aromatic nitrogens is 3. The van der Waals surface area contributed by atoms with Crippen molar-refractivity contribution in [3.8, 4) is 0 Å². The van der Waals surface area contributed by atoms with Gasteiger partial charge in [-0.05, 0) is 64.4 Å². The third-order valence-corrected chi connectivity index (χ3v) is 8.56. The van der Waals surface area contributed by atoms with Gasteiger partial charge in [0.05, 0.1) is 18.2 Å². The van der Waals surface area contributed by atoms with Gasteiger partial charge in [-0.15, -0.1) is 0 Å². The Hall–Kier alpha value is -2.69. The summed E-state index contributed by atoms with van der Waals surface area (Å²) in [5.74, 6) is -1.84. The fourth-order valence-electron chi connectivity index (χ4n) is 6.43. The van der Waals surface area contributed by atoms with Gasteiger partial charge in [-0.2, -0.15) is 13.2 Å². The van der Waals surface area contributed by atoms with Gasteiger partial charge in [-0.1, -0.05) is 24.9 Å². The number of alkyl halides is 3. The maximum atomic E-state index is 13.9. The number of carboxylic acids is 1. The van der Waals surface area contributed by atoms with Crippen molar-refractivity contribution in [2.45, 2.75) is 115 Å². The summed E-state index contributed by atoms with van der Waals surface area (Å²) in [6.45, 7) is 4.43. The number of carboxylic acid groups (broad SMARTS) is 1. The zero-order valence-electron chi connectivity index (χ0n) is 22.5. The molecular weight excluding hydrogens is 513 g/mol. The van der Waals surface area contributed by atoms with Gasteiger partial charge in [0.2, 0.25) is 5.95 Å². The van der Waals surface area contributed by atoms with Crippen LogP contribution in [0.5, 0.6) is 0 Å². The number of hydrogen-bond donors (Lipinski definition) is 1. The third-order valence-electron chi connectivity index (χ3n) is 8.56. The number of ether oxygens (including phenoxy) is 1. The summed E-state index contributed by atoms with van der Waals surface area (Å²) in [4.78, 5) is 22.6. The van der Waals surface area contributed by atoms with Crippen LogP contribution < -0.4 is 4.90 Å². The maximum Gasteiger partial charge on any atom is 0.392 e. The van der Waals surface area contributed by atoms with E-state index in [9.17, 15) is 23.1 Å². The lowest BCUT2D eigenvalue weighted by molar-refractivity contribution is -0.187. The van der Waals surface area contributed by atoms with Crippen LogP contribution >= 0.6 is 0 Å². The van der Waals surface area contributed by atoms with Gasteiger partial charge in [0, 0.05) is 41.8 Å². The van der Waals surface area contributed by atoms with Crippen molar-refractivity contribution >= 4 is 11.9 Å². The van der Waals surface area contributed by atoms with Gasteiger partial charge in [0.1, 0.15) is 5.76 Å². The number of aryl methyl sites for hydroxylation is 1. The molecule has 214 valence electrons. The van der Waals surface area contributed by atoms with Gasteiger partial charge in [-0.3, -0.25) is 0 Å². The van der Waals surface area contributed by atoms with Gasteiger partial charge >= 0.3 is 12.1 Å². The monoisotopic (exact) mass is 550 g/mol. The van der Waals surface area contributed by atoms with Crippen molar-refractivity contribution in [2.24, 2.45) is 5.92 Å². The van der Waals surface area contributed by atoms with Crippen molar-refractivity contribution in [2.75, 3.05) is 11.5 Å². The van der Waals surface area contributed by atoms with Crippen LogP contribution in [0.1, 0.15) is 116 Å². The standard InChI is InChI=1S/C28H37F3N4O4/c1-3-18-10-11-19(35(18)27-32-16(2)14-23(33-27)26(36)37)12-13-38-15-21-24(34-39-25(21)17-8-9-17)20-6-4-5-7-22(20)28(29,30)31/h14,17-20,22H,3-13,15H2,1-2H3,(H,36,37)/t18?,19-,20?,22?/m0/s1. The van der Waals surface area contributed by atoms with Crippen LogP contribution in [0.25, 0.3) is 0 Å². The van der Waals surface area contributed by atoms with E-state index in [0.29, 0.717) is 54.5 Å². The predicted octanol–water partition coefficient (Wildman–Crippen LogP) is 6.54. The molecule has 2 saturated carbocycles. The molecule has 39 heavy (non-hydrogen) atoms. The lowest BCUT2D eigenvalue weighted by atomic mass is 9.76. The molecule has 3 heterocycles. The number of hydrogen-bond acceptors (Lipinski definition) is 7. The molecule has 3 aliphatic rings. The molecule has 0 bridgehead atoms. The minimum absolute atomic E-state index is 0.0262. The van der Waals surface area contributed by atoms with E-state index >= 15 is 0 Å². The van der Waals surface area contributed by atoms with E-state index in [1.165, 1.54) is 6.07 Å². The molecule has 0 aromatic carbocycles. The Labute approximate surface area is 226 Å². The highest BCUT2D eigenvalue weighted by Crippen LogP contribution is 2.50. The Bertz CT molecular complexity index is 1170. The quantitative estimate of drug-likeness (QED) is 0.333.